The number of nitrogens with one attached hydrogen (secondary N) is 1. The lowest BCUT2D eigenvalue weighted by Crippen LogP contribution is -2.55. The van der Waals surface area contributed by atoms with E-state index in [0.717, 1.165) is 0 Å². The Balaban J connectivity index is 2.17. The van der Waals surface area contributed by atoms with Crippen LogP contribution in [-0.2, 0) is 9.53 Å². The van der Waals surface area contributed by atoms with Crippen molar-refractivity contribution >= 4 is 23.2 Å². The van der Waals surface area contributed by atoms with Gasteiger partial charge in [0.2, 0.25) is 0 Å². The van der Waals surface area contributed by atoms with Crippen LogP contribution in [0.5, 0.6) is 0 Å². The molecule has 0 radical (unpaired) electrons. The van der Waals surface area contributed by atoms with Crippen LogP contribution in [0, 0.1) is 0 Å². The van der Waals surface area contributed by atoms with Crippen LogP contribution < -0.4 is 5.32 Å². The van der Waals surface area contributed by atoms with Crippen LogP contribution in [0.25, 0.3) is 10.7 Å². The number of rotatable bonds is 6. The minimum atomic E-state index is -1.53. The van der Waals surface area contributed by atoms with Gasteiger partial charge in [-0.15, -0.1) is 11.3 Å². The van der Waals surface area contributed by atoms with Gasteiger partial charge in [0.15, 0.2) is 5.54 Å². The fourth-order valence-electron chi connectivity index (χ4n) is 1.66. The molecule has 0 saturated carbocycles. The zero-order chi connectivity index (χ0) is 16.2. The first kappa shape index (κ1) is 16.0. The molecule has 1 atom stereocenters. The highest BCUT2D eigenvalue weighted by Crippen LogP contribution is 2.21. The van der Waals surface area contributed by atoms with E-state index in [1.807, 2.05) is 0 Å². The molecule has 116 valence electrons. The summed E-state index contributed by atoms with van der Waals surface area (Å²) in [6.45, 7) is 1.21. The van der Waals surface area contributed by atoms with Crippen molar-refractivity contribution in [2.24, 2.45) is 0 Å². The summed E-state index contributed by atoms with van der Waals surface area (Å²) in [6.07, 6.45) is 4.59. The van der Waals surface area contributed by atoms with Crippen LogP contribution in [0.1, 0.15) is 17.4 Å². The molecule has 0 saturated heterocycles. The summed E-state index contributed by atoms with van der Waals surface area (Å²) in [5.41, 5.74) is -0.860. The number of aliphatic carboxylic acids is 1. The molecule has 0 fully saturated rings. The second kappa shape index (κ2) is 6.58. The summed E-state index contributed by atoms with van der Waals surface area (Å²) in [5.74, 6) is -1.78. The van der Waals surface area contributed by atoms with E-state index in [9.17, 15) is 14.7 Å². The average Bonchev–Trinajstić information content (AvgIpc) is 2.98. The van der Waals surface area contributed by atoms with Crippen molar-refractivity contribution in [3.63, 3.8) is 0 Å². The largest absolute Gasteiger partial charge is 0.479 e. The first-order valence-corrected chi connectivity index (χ1v) is 7.11. The minimum Gasteiger partial charge on any atom is -0.479 e. The van der Waals surface area contributed by atoms with Crippen LogP contribution in [0.15, 0.2) is 24.0 Å². The zero-order valence-electron chi connectivity index (χ0n) is 11.9. The molecule has 2 aromatic heterocycles. The van der Waals surface area contributed by atoms with E-state index in [0.29, 0.717) is 10.7 Å². The van der Waals surface area contributed by atoms with E-state index in [2.05, 4.69) is 20.3 Å². The minimum absolute atomic E-state index is 0.120. The molecule has 0 aliphatic heterocycles. The summed E-state index contributed by atoms with van der Waals surface area (Å²) < 4.78 is 4.85. The smallest absolute Gasteiger partial charge is 0.331 e. The molecule has 0 aromatic carbocycles. The molecule has 9 heteroatoms. The summed E-state index contributed by atoms with van der Waals surface area (Å²) >= 11 is 1.23. The number of hydrogen-bond acceptors (Lipinski definition) is 7. The van der Waals surface area contributed by atoms with E-state index < -0.39 is 17.4 Å². The molecule has 1 amide bonds. The van der Waals surface area contributed by atoms with Gasteiger partial charge in [-0.1, -0.05) is 0 Å². The molecule has 0 aliphatic carbocycles. The third-order valence-electron chi connectivity index (χ3n) is 2.81. The molecule has 2 aromatic rings. The Hall–Kier alpha value is -2.39. The molecule has 0 aliphatic rings. The van der Waals surface area contributed by atoms with Crippen LogP contribution in [0.3, 0.4) is 0 Å². The number of carbonyl (C=O) groups excluding carboxylic acids is 1. The van der Waals surface area contributed by atoms with Gasteiger partial charge in [-0.05, 0) is 6.92 Å². The van der Waals surface area contributed by atoms with Gasteiger partial charge in [0, 0.05) is 24.9 Å². The number of aromatic nitrogens is 3. The van der Waals surface area contributed by atoms with Crippen molar-refractivity contribution in [1.29, 1.82) is 0 Å². The Morgan fingerprint density at radius 2 is 2.23 bits per heavy atom. The average molecular weight is 322 g/mol. The highest BCUT2D eigenvalue weighted by atomic mass is 32.1. The van der Waals surface area contributed by atoms with Crippen molar-refractivity contribution in [2.45, 2.75) is 12.5 Å². The third-order valence-corrected chi connectivity index (χ3v) is 3.68. The normalized spacial score (nSPS) is 13.4. The van der Waals surface area contributed by atoms with E-state index in [1.165, 1.54) is 49.3 Å². The van der Waals surface area contributed by atoms with Crippen molar-refractivity contribution in [3.05, 3.63) is 29.7 Å². The number of carboxylic acid groups (broad SMARTS) is 1. The highest BCUT2D eigenvalue weighted by molar-refractivity contribution is 7.13. The van der Waals surface area contributed by atoms with Crippen molar-refractivity contribution in [3.8, 4) is 10.7 Å². The van der Waals surface area contributed by atoms with Gasteiger partial charge in [-0.2, -0.15) is 0 Å². The van der Waals surface area contributed by atoms with Gasteiger partial charge in [-0.25, -0.2) is 9.78 Å². The van der Waals surface area contributed by atoms with Crippen molar-refractivity contribution in [2.75, 3.05) is 13.7 Å². The summed E-state index contributed by atoms with van der Waals surface area (Å²) in [6, 6.07) is 0. The lowest BCUT2D eigenvalue weighted by atomic mass is 10.0. The van der Waals surface area contributed by atoms with Gasteiger partial charge in [0.05, 0.1) is 12.8 Å². The Kier molecular flexibility index (Phi) is 4.78. The van der Waals surface area contributed by atoms with Gasteiger partial charge in [0.1, 0.15) is 16.4 Å². The second-order valence-corrected chi connectivity index (χ2v) is 5.51. The van der Waals surface area contributed by atoms with Gasteiger partial charge in [-0.3, -0.25) is 14.8 Å². The third kappa shape index (κ3) is 3.43. The Morgan fingerprint density at radius 1 is 1.45 bits per heavy atom. The number of hydrogen-bond donors (Lipinski definition) is 2. The maximum absolute atomic E-state index is 12.2. The van der Waals surface area contributed by atoms with Crippen LogP contribution >= 0.6 is 11.3 Å². The number of methoxy groups -OCH3 is 1. The number of nitrogens with zero attached hydrogens (tertiary/aromatic N) is 3. The predicted molar refractivity (Wildman–Crippen MR) is 78.5 cm³/mol. The molecule has 2 rings (SSSR count). The highest BCUT2D eigenvalue weighted by Gasteiger charge is 2.35. The quantitative estimate of drug-likeness (QED) is 0.809. The van der Waals surface area contributed by atoms with Crippen LogP contribution in [0.2, 0.25) is 0 Å². The molecule has 0 spiro atoms. The lowest BCUT2D eigenvalue weighted by molar-refractivity contribution is -0.145. The lowest BCUT2D eigenvalue weighted by Gasteiger charge is -2.24. The SMILES string of the molecule is COCC(C)(NC(=O)c1csc(-c2cnccn2)n1)C(=O)O. The van der Waals surface area contributed by atoms with Gasteiger partial charge >= 0.3 is 5.97 Å². The van der Waals surface area contributed by atoms with Gasteiger partial charge < -0.3 is 15.2 Å². The number of carboxylic acids is 1. The van der Waals surface area contributed by atoms with Gasteiger partial charge in [0.25, 0.3) is 5.91 Å². The molecule has 8 nitrogen and oxygen atoms in total. The van der Waals surface area contributed by atoms with E-state index in [1.54, 1.807) is 0 Å². The fraction of sp³-hybridized carbons (Fsp3) is 0.308. The maximum atomic E-state index is 12.2. The summed E-state index contributed by atoms with van der Waals surface area (Å²) in [7, 11) is 1.36. The van der Waals surface area contributed by atoms with Crippen LogP contribution in [0.4, 0.5) is 0 Å². The Bertz CT molecular complexity index is 676. The number of carbonyl (C=O) groups is 2. The monoisotopic (exact) mass is 322 g/mol. The number of thiazole rings is 1. The standard InChI is InChI=1S/C13H14N4O4S/c1-13(7-21-2,12(19)20)17-10(18)9-6-22-11(16-9)8-5-14-3-4-15-8/h3-6H,7H2,1-2H3,(H,17,18)(H,19,20). The first-order valence-electron chi connectivity index (χ1n) is 6.23. The van der Waals surface area contributed by atoms with E-state index >= 15 is 0 Å². The number of ether oxygens (including phenoxy) is 1. The second-order valence-electron chi connectivity index (χ2n) is 4.65. The van der Waals surface area contributed by atoms with Crippen molar-refractivity contribution < 1.29 is 19.4 Å². The fourth-order valence-corrected chi connectivity index (χ4v) is 2.42. The number of amides is 1. The first-order chi connectivity index (χ1) is 10.5. The molecule has 2 heterocycles. The Morgan fingerprint density at radius 3 is 2.82 bits per heavy atom. The molecule has 22 heavy (non-hydrogen) atoms. The summed E-state index contributed by atoms with van der Waals surface area (Å²) in [4.78, 5) is 35.6. The van der Waals surface area contributed by atoms with Crippen molar-refractivity contribution in [1.82, 2.24) is 20.3 Å². The molecule has 2 N–H and O–H groups in total. The molecular formula is C13H14N4O4S. The zero-order valence-corrected chi connectivity index (χ0v) is 12.8. The summed E-state index contributed by atoms with van der Waals surface area (Å²) in [5, 5.41) is 13.7. The topological polar surface area (TPSA) is 114 Å². The maximum Gasteiger partial charge on any atom is 0.331 e. The van der Waals surface area contributed by atoms with E-state index in [4.69, 9.17) is 4.74 Å². The predicted octanol–water partition coefficient (Wildman–Crippen LogP) is 0.820. The Labute approximate surface area is 130 Å². The molecule has 1 unspecified atom stereocenters. The van der Waals surface area contributed by atoms with E-state index in [-0.39, 0.29) is 12.3 Å². The van der Waals surface area contributed by atoms with Crippen LogP contribution in [-0.4, -0.2) is 51.2 Å². The molecular weight excluding hydrogens is 308 g/mol. The molecule has 0 bridgehead atoms.